The van der Waals surface area contributed by atoms with Crippen LogP contribution in [0.5, 0.6) is 0 Å². The summed E-state index contributed by atoms with van der Waals surface area (Å²) in [5.74, 6) is -0.0288. The van der Waals surface area contributed by atoms with Gasteiger partial charge in [-0.15, -0.1) is 0 Å². The minimum absolute atomic E-state index is 0.00701. The molecule has 2 amide bonds. The van der Waals surface area contributed by atoms with Gasteiger partial charge in [0.2, 0.25) is 0 Å². The van der Waals surface area contributed by atoms with Gasteiger partial charge in [-0.2, -0.15) is 0 Å². The van der Waals surface area contributed by atoms with Gasteiger partial charge in [-0.25, -0.2) is 9.18 Å². The number of nitrogens with one attached hydrogen (secondary N) is 1. The van der Waals surface area contributed by atoms with Crippen LogP contribution in [0.25, 0.3) is 0 Å². The first-order chi connectivity index (χ1) is 14.5. The molecule has 1 saturated heterocycles. The predicted molar refractivity (Wildman–Crippen MR) is 117 cm³/mol. The Balaban J connectivity index is 1.62. The zero-order valence-corrected chi connectivity index (χ0v) is 17.9. The molecule has 2 atom stereocenters. The fraction of sp³-hybridized carbons (Fsp3) is 0.458. The monoisotopic (exact) mass is 413 g/mol. The summed E-state index contributed by atoms with van der Waals surface area (Å²) in [7, 11) is 3.97. The van der Waals surface area contributed by atoms with Crippen LogP contribution in [0.3, 0.4) is 0 Å². The van der Waals surface area contributed by atoms with Crippen LogP contribution in [0.4, 0.5) is 9.18 Å². The second-order valence-corrected chi connectivity index (χ2v) is 8.14. The third-order valence-corrected chi connectivity index (χ3v) is 5.48. The van der Waals surface area contributed by atoms with Crippen LogP contribution in [-0.4, -0.2) is 56.2 Å². The number of halogens is 1. The summed E-state index contributed by atoms with van der Waals surface area (Å²) in [6.07, 6.45) is 2.03. The number of rotatable bonds is 8. The van der Waals surface area contributed by atoms with Crippen LogP contribution in [0.2, 0.25) is 0 Å². The molecule has 30 heavy (non-hydrogen) atoms. The fourth-order valence-electron chi connectivity index (χ4n) is 3.78. The Morgan fingerprint density at radius 3 is 2.53 bits per heavy atom. The van der Waals surface area contributed by atoms with E-state index in [0.717, 1.165) is 37.1 Å². The topological polar surface area (TPSA) is 44.8 Å². The SMILES string of the molecule is CN(C)CCN(Cc1ccc(F)cc1)C(=O)NCC1CCCOC1c1ccccc1. The molecule has 2 aromatic carbocycles. The molecule has 1 aliphatic rings. The molecule has 1 aliphatic heterocycles. The molecule has 0 bridgehead atoms. The standard InChI is InChI=1S/C24H32FN3O2/c1-27(2)14-15-28(18-19-10-12-22(25)13-11-19)24(29)26-17-21-9-6-16-30-23(21)20-7-4-3-5-8-20/h3-5,7-8,10-13,21,23H,6,9,14-18H2,1-2H3,(H,26,29). The first kappa shape index (κ1) is 22.2. The molecular weight excluding hydrogens is 381 g/mol. The van der Waals surface area contributed by atoms with E-state index in [1.807, 2.05) is 37.2 Å². The van der Waals surface area contributed by atoms with Crippen molar-refractivity contribution in [1.82, 2.24) is 15.1 Å². The molecule has 0 spiro atoms. The highest BCUT2D eigenvalue weighted by Gasteiger charge is 2.28. The van der Waals surface area contributed by atoms with Crippen LogP contribution in [0.1, 0.15) is 30.1 Å². The third-order valence-electron chi connectivity index (χ3n) is 5.48. The lowest BCUT2D eigenvalue weighted by Gasteiger charge is -2.33. The van der Waals surface area contributed by atoms with E-state index in [2.05, 4.69) is 17.4 Å². The lowest BCUT2D eigenvalue weighted by molar-refractivity contribution is -0.0271. The smallest absolute Gasteiger partial charge is 0.317 e. The van der Waals surface area contributed by atoms with E-state index in [1.54, 1.807) is 17.0 Å². The Bertz CT molecular complexity index is 783. The lowest BCUT2D eigenvalue weighted by Crippen LogP contribution is -2.45. The summed E-state index contributed by atoms with van der Waals surface area (Å²) in [6, 6.07) is 16.4. The van der Waals surface area contributed by atoms with Gasteiger partial charge in [-0.3, -0.25) is 0 Å². The van der Waals surface area contributed by atoms with Crippen molar-refractivity contribution in [3.63, 3.8) is 0 Å². The molecule has 6 heteroatoms. The number of amides is 2. The molecule has 2 unspecified atom stereocenters. The molecule has 1 N–H and O–H groups in total. The highest BCUT2D eigenvalue weighted by atomic mass is 19.1. The third kappa shape index (κ3) is 6.54. The van der Waals surface area contributed by atoms with E-state index in [0.29, 0.717) is 19.6 Å². The largest absolute Gasteiger partial charge is 0.373 e. The van der Waals surface area contributed by atoms with Crippen molar-refractivity contribution in [3.05, 3.63) is 71.5 Å². The fourth-order valence-corrected chi connectivity index (χ4v) is 3.78. The van der Waals surface area contributed by atoms with Crippen LogP contribution >= 0.6 is 0 Å². The first-order valence-corrected chi connectivity index (χ1v) is 10.6. The maximum absolute atomic E-state index is 13.2. The van der Waals surface area contributed by atoms with Crippen LogP contribution in [0.15, 0.2) is 54.6 Å². The second kappa shape index (κ2) is 11.1. The Hall–Kier alpha value is -2.44. The summed E-state index contributed by atoms with van der Waals surface area (Å²) in [5.41, 5.74) is 2.07. The van der Waals surface area contributed by atoms with Gasteiger partial charge in [0.05, 0.1) is 6.10 Å². The number of hydrogen-bond donors (Lipinski definition) is 1. The molecule has 5 nitrogen and oxygen atoms in total. The van der Waals surface area contributed by atoms with E-state index in [9.17, 15) is 9.18 Å². The van der Waals surface area contributed by atoms with Gasteiger partial charge in [-0.05, 0) is 50.2 Å². The molecule has 3 rings (SSSR count). The van der Waals surface area contributed by atoms with Gasteiger partial charge in [0.15, 0.2) is 0 Å². The van der Waals surface area contributed by atoms with Crippen LogP contribution in [0, 0.1) is 11.7 Å². The van der Waals surface area contributed by atoms with Gasteiger partial charge in [0, 0.05) is 38.7 Å². The number of likely N-dealkylation sites (N-methyl/N-ethyl adjacent to an activating group) is 1. The van der Waals surface area contributed by atoms with Crippen molar-refractivity contribution in [3.8, 4) is 0 Å². The van der Waals surface area contributed by atoms with Crippen molar-refractivity contribution >= 4 is 6.03 Å². The highest BCUT2D eigenvalue weighted by molar-refractivity contribution is 5.74. The number of nitrogens with zero attached hydrogens (tertiary/aromatic N) is 2. The summed E-state index contributed by atoms with van der Waals surface area (Å²) in [6.45, 7) is 3.13. The van der Waals surface area contributed by atoms with Crippen LogP contribution < -0.4 is 5.32 Å². The van der Waals surface area contributed by atoms with Crippen molar-refractivity contribution in [1.29, 1.82) is 0 Å². The highest BCUT2D eigenvalue weighted by Crippen LogP contribution is 2.33. The van der Waals surface area contributed by atoms with Crippen molar-refractivity contribution < 1.29 is 13.9 Å². The minimum atomic E-state index is -0.271. The maximum Gasteiger partial charge on any atom is 0.317 e. The molecule has 0 radical (unpaired) electrons. The van der Waals surface area contributed by atoms with Crippen molar-refractivity contribution in [2.45, 2.75) is 25.5 Å². The number of ether oxygens (including phenoxy) is 1. The summed E-state index contributed by atoms with van der Waals surface area (Å²) >= 11 is 0. The number of hydrogen-bond acceptors (Lipinski definition) is 3. The van der Waals surface area contributed by atoms with Gasteiger partial charge in [0.1, 0.15) is 5.82 Å². The molecule has 2 aromatic rings. The summed E-state index contributed by atoms with van der Waals surface area (Å²) in [5, 5.41) is 3.12. The summed E-state index contributed by atoms with van der Waals surface area (Å²) in [4.78, 5) is 16.8. The van der Waals surface area contributed by atoms with Crippen LogP contribution in [-0.2, 0) is 11.3 Å². The Labute approximate surface area is 178 Å². The van der Waals surface area contributed by atoms with Gasteiger partial charge >= 0.3 is 6.03 Å². The molecular formula is C24H32FN3O2. The number of carbonyl (C=O) groups excluding carboxylic acids is 1. The molecule has 0 aromatic heterocycles. The van der Waals surface area contributed by atoms with Gasteiger partial charge < -0.3 is 19.9 Å². The Morgan fingerprint density at radius 2 is 1.83 bits per heavy atom. The average molecular weight is 414 g/mol. The van der Waals surface area contributed by atoms with E-state index in [1.165, 1.54) is 12.1 Å². The van der Waals surface area contributed by atoms with Gasteiger partial charge in [0.25, 0.3) is 0 Å². The van der Waals surface area contributed by atoms with E-state index in [4.69, 9.17) is 4.74 Å². The number of benzene rings is 2. The number of urea groups is 1. The zero-order chi connectivity index (χ0) is 21.3. The van der Waals surface area contributed by atoms with Gasteiger partial charge in [-0.1, -0.05) is 42.5 Å². The van der Waals surface area contributed by atoms with Crippen molar-refractivity contribution in [2.75, 3.05) is 40.3 Å². The minimum Gasteiger partial charge on any atom is -0.373 e. The molecule has 0 saturated carbocycles. The van der Waals surface area contributed by atoms with Crippen molar-refractivity contribution in [2.24, 2.45) is 5.92 Å². The molecule has 162 valence electrons. The Kier molecular flexibility index (Phi) is 8.22. The molecule has 1 heterocycles. The second-order valence-electron chi connectivity index (χ2n) is 8.14. The molecule has 0 aliphatic carbocycles. The lowest BCUT2D eigenvalue weighted by atomic mass is 9.89. The zero-order valence-electron chi connectivity index (χ0n) is 17.9. The number of carbonyl (C=O) groups is 1. The first-order valence-electron chi connectivity index (χ1n) is 10.6. The average Bonchev–Trinajstić information content (AvgIpc) is 2.77. The predicted octanol–water partition coefficient (Wildman–Crippen LogP) is 4.07. The van der Waals surface area contributed by atoms with E-state index >= 15 is 0 Å². The van der Waals surface area contributed by atoms with E-state index in [-0.39, 0.29) is 23.9 Å². The normalized spacial score (nSPS) is 18.9. The quantitative estimate of drug-likeness (QED) is 0.710. The maximum atomic E-state index is 13.2. The summed E-state index contributed by atoms with van der Waals surface area (Å²) < 4.78 is 19.3. The Morgan fingerprint density at radius 1 is 1.10 bits per heavy atom. The molecule has 1 fully saturated rings. The van der Waals surface area contributed by atoms with E-state index < -0.39 is 0 Å².